The summed E-state index contributed by atoms with van der Waals surface area (Å²) in [7, 11) is 0. The van der Waals surface area contributed by atoms with Crippen LogP contribution in [0.15, 0.2) is 60.2 Å². The highest BCUT2D eigenvalue weighted by molar-refractivity contribution is 7.12. The van der Waals surface area contributed by atoms with Crippen molar-refractivity contribution in [2.75, 3.05) is 11.9 Å². The van der Waals surface area contributed by atoms with Crippen LogP contribution in [0.2, 0.25) is 0 Å². The number of rotatable bonds is 6. The molecule has 8 heteroatoms. The fourth-order valence-electron chi connectivity index (χ4n) is 2.96. The quantitative estimate of drug-likeness (QED) is 0.449. The first-order chi connectivity index (χ1) is 14.5. The Labute approximate surface area is 177 Å². The normalized spacial score (nSPS) is 11.0. The maximum absolute atomic E-state index is 12.8. The van der Waals surface area contributed by atoms with Crippen molar-refractivity contribution in [3.8, 4) is 11.3 Å². The average molecular weight is 420 g/mol. The van der Waals surface area contributed by atoms with Crippen LogP contribution in [0, 0.1) is 5.92 Å². The molecule has 0 aliphatic heterocycles. The third-order valence-corrected chi connectivity index (χ3v) is 5.21. The Balaban J connectivity index is 1.64. The van der Waals surface area contributed by atoms with Crippen molar-refractivity contribution in [3.63, 3.8) is 0 Å². The summed E-state index contributed by atoms with van der Waals surface area (Å²) in [5.74, 6) is 0.158. The van der Waals surface area contributed by atoms with Gasteiger partial charge >= 0.3 is 6.09 Å². The maximum Gasteiger partial charge on any atom is 0.411 e. The van der Waals surface area contributed by atoms with Crippen LogP contribution in [-0.2, 0) is 4.74 Å². The molecule has 0 atom stereocenters. The highest BCUT2D eigenvalue weighted by Crippen LogP contribution is 2.25. The zero-order valence-corrected chi connectivity index (χ0v) is 17.3. The molecule has 0 unspecified atom stereocenters. The molecule has 3 heterocycles. The van der Waals surface area contributed by atoms with Crippen molar-refractivity contribution in [2.24, 2.45) is 5.92 Å². The first kappa shape index (κ1) is 19.8. The second-order valence-electron chi connectivity index (χ2n) is 7.13. The molecule has 4 rings (SSSR count). The number of ether oxygens (including phenoxy) is 1. The molecule has 3 aromatic heterocycles. The molecule has 0 saturated heterocycles. The zero-order valence-electron chi connectivity index (χ0n) is 16.5. The smallest absolute Gasteiger partial charge is 0.411 e. The summed E-state index contributed by atoms with van der Waals surface area (Å²) in [5, 5.41) is 8.99. The Morgan fingerprint density at radius 3 is 2.83 bits per heavy atom. The van der Waals surface area contributed by atoms with Crippen LogP contribution < -0.4 is 5.32 Å². The molecule has 0 fully saturated rings. The van der Waals surface area contributed by atoms with E-state index in [-0.39, 0.29) is 11.7 Å². The summed E-state index contributed by atoms with van der Waals surface area (Å²) >= 11 is 1.39. The van der Waals surface area contributed by atoms with Gasteiger partial charge in [0.2, 0.25) is 5.78 Å². The summed E-state index contributed by atoms with van der Waals surface area (Å²) < 4.78 is 6.81. The van der Waals surface area contributed by atoms with Crippen molar-refractivity contribution >= 4 is 34.5 Å². The van der Waals surface area contributed by atoms with Crippen molar-refractivity contribution in [1.82, 2.24) is 14.6 Å². The molecule has 0 saturated carbocycles. The predicted molar refractivity (Wildman–Crippen MR) is 116 cm³/mol. The molecule has 1 N–H and O–H groups in total. The molecule has 7 nitrogen and oxygen atoms in total. The van der Waals surface area contributed by atoms with Crippen LogP contribution in [0.1, 0.15) is 29.1 Å². The van der Waals surface area contributed by atoms with Gasteiger partial charge in [0.25, 0.3) is 0 Å². The number of nitrogens with one attached hydrogen (secondary N) is 1. The topological polar surface area (TPSA) is 85.6 Å². The van der Waals surface area contributed by atoms with Gasteiger partial charge in [-0.2, -0.15) is 5.10 Å². The monoisotopic (exact) mass is 420 g/mol. The molecular formula is C22H20N4O3S. The van der Waals surface area contributed by atoms with Gasteiger partial charge in [-0.05, 0) is 35.6 Å². The molecule has 1 aromatic carbocycles. The van der Waals surface area contributed by atoms with E-state index in [4.69, 9.17) is 4.74 Å². The number of nitrogens with zero attached hydrogens (tertiary/aromatic N) is 3. The van der Waals surface area contributed by atoms with Gasteiger partial charge in [0.1, 0.15) is 0 Å². The van der Waals surface area contributed by atoms with Gasteiger partial charge in [-0.3, -0.25) is 10.1 Å². The summed E-state index contributed by atoms with van der Waals surface area (Å²) in [6.07, 6.45) is 2.69. The SMILES string of the molecule is CC(C)COC(=O)Nc1cccc(-c2ccnc3c(C(=O)c4cccs4)cnn23)c1. The Kier molecular flexibility index (Phi) is 5.58. The molecular weight excluding hydrogens is 400 g/mol. The van der Waals surface area contributed by atoms with E-state index in [1.807, 2.05) is 49.6 Å². The van der Waals surface area contributed by atoms with E-state index >= 15 is 0 Å². The summed E-state index contributed by atoms with van der Waals surface area (Å²) in [6.45, 7) is 4.30. The molecule has 30 heavy (non-hydrogen) atoms. The van der Waals surface area contributed by atoms with Gasteiger partial charge in [-0.25, -0.2) is 14.3 Å². The fraction of sp³-hybridized carbons (Fsp3) is 0.182. The molecule has 0 spiro atoms. The van der Waals surface area contributed by atoms with Crippen LogP contribution in [0.25, 0.3) is 16.9 Å². The van der Waals surface area contributed by atoms with Gasteiger partial charge in [-0.1, -0.05) is 32.0 Å². The Bertz CT molecular complexity index is 1200. The number of carbonyl (C=O) groups excluding carboxylic acids is 2. The van der Waals surface area contributed by atoms with Gasteiger partial charge < -0.3 is 4.74 Å². The lowest BCUT2D eigenvalue weighted by Gasteiger charge is -2.10. The van der Waals surface area contributed by atoms with Gasteiger partial charge in [-0.15, -0.1) is 11.3 Å². The van der Waals surface area contributed by atoms with E-state index in [9.17, 15) is 9.59 Å². The first-order valence-electron chi connectivity index (χ1n) is 9.48. The number of ketones is 1. The third-order valence-electron chi connectivity index (χ3n) is 4.34. The first-order valence-corrected chi connectivity index (χ1v) is 10.4. The molecule has 0 radical (unpaired) electrons. The second-order valence-corrected chi connectivity index (χ2v) is 8.08. The largest absolute Gasteiger partial charge is 0.449 e. The molecule has 4 aromatic rings. The lowest BCUT2D eigenvalue weighted by Crippen LogP contribution is -2.16. The minimum absolute atomic E-state index is 0.104. The van der Waals surface area contributed by atoms with Crippen molar-refractivity contribution in [2.45, 2.75) is 13.8 Å². The van der Waals surface area contributed by atoms with Crippen molar-refractivity contribution in [3.05, 3.63) is 70.7 Å². The molecule has 0 aliphatic rings. The average Bonchev–Trinajstić information content (AvgIpc) is 3.42. The number of carbonyl (C=O) groups is 2. The highest BCUT2D eigenvalue weighted by atomic mass is 32.1. The highest BCUT2D eigenvalue weighted by Gasteiger charge is 2.18. The standard InChI is InChI=1S/C22H20N4O3S/c1-14(2)13-29-22(28)25-16-6-3-5-15(11-16)18-8-9-23-21-17(12-24-26(18)21)20(27)19-7-4-10-30-19/h3-12,14H,13H2,1-2H3,(H,25,28). The van der Waals surface area contributed by atoms with E-state index in [1.165, 1.54) is 11.3 Å². The summed E-state index contributed by atoms with van der Waals surface area (Å²) in [6, 6.07) is 12.8. The summed E-state index contributed by atoms with van der Waals surface area (Å²) in [5.41, 5.74) is 3.12. The van der Waals surface area contributed by atoms with E-state index in [0.29, 0.717) is 28.4 Å². The Morgan fingerprint density at radius 1 is 1.20 bits per heavy atom. The van der Waals surface area contributed by atoms with Crippen LogP contribution in [0.3, 0.4) is 0 Å². The number of thiophene rings is 1. The van der Waals surface area contributed by atoms with E-state index in [1.54, 1.807) is 29.0 Å². The van der Waals surface area contributed by atoms with Crippen molar-refractivity contribution in [1.29, 1.82) is 0 Å². The minimum atomic E-state index is -0.497. The van der Waals surface area contributed by atoms with Gasteiger partial charge in [0, 0.05) is 17.4 Å². The number of hydrogen-bond acceptors (Lipinski definition) is 6. The van der Waals surface area contributed by atoms with Crippen LogP contribution in [-0.4, -0.2) is 33.1 Å². The maximum atomic E-state index is 12.8. The van der Waals surface area contributed by atoms with Crippen LogP contribution in [0.4, 0.5) is 10.5 Å². The number of amides is 1. The predicted octanol–water partition coefficient (Wildman–Crippen LogP) is 4.89. The lowest BCUT2D eigenvalue weighted by atomic mass is 10.1. The third kappa shape index (κ3) is 4.08. The lowest BCUT2D eigenvalue weighted by molar-refractivity contribution is 0.104. The number of aromatic nitrogens is 3. The van der Waals surface area contributed by atoms with Crippen LogP contribution in [0.5, 0.6) is 0 Å². The Hall–Kier alpha value is -3.52. The number of anilines is 1. The summed E-state index contributed by atoms with van der Waals surface area (Å²) in [4.78, 5) is 29.7. The molecule has 0 aliphatic carbocycles. The van der Waals surface area contributed by atoms with Crippen molar-refractivity contribution < 1.29 is 14.3 Å². The van der Waals surface area contributed by atoms with Gasteiger partial charge in [0.15, 0.2) is 5.65 Å². The zero-order chi connectivity index (χ0) is 21.1. The number of benzene rings is 1. The van der Waals surface area contributed by atoms with E-state index in [2.05, 4.69) is 15.4 Å². The van der Waals surface area contributed by atoms with Gasteiger partial charge in [0.05, 0.1) is 28.9 Å². The Morgan fingerprint density at radius 2 is 2.07 bits per heavy atom. The molecule has 152 valence electrons. The van der Waals surface area contributed by atoms with E-state index < -0.39 is 6.09 Å². The van der Waals surface area contributed by atoms with Crippen LogP contribution >= 0.6 is 11.3 Å². The molecule has 1 amide bonds. The molecule has 0 bridgehead atoms. The fourth-order valence-corrected chi connectivity index (χ4v) is 3.64. The number of fused-ring (bicyclic) bond motifs is 1. The number of hydrogen-bond donors (Lipinski definition) is 1. The minimum Gasteiger partial charge on any atom is -0.449 e. The second kappa shape index (κ2) is 8.46. The van der Waals surface area contributed by atoms with E-state index in [0.717, 1.165) is 11.3 Å².